The molecule has 0 saturated carbocycles. The molecule has 1 fully saturated rings. The molecule has 1 saturated heterocycles. The van der Waals surface area contributed by atoms with Crippen LogP contribution in [0.25, 0.3) is 11.2 Å². The summed E-state index contributed by atoms with van der Waals surface area (Å²) in [5, 5.41) is 9.01. The first-order chi connectivity index (χ1) is 9.10. The van der Waals surface area contributed by atoms with Gasteiger partial charge in [0.1, 0.15) is 6.23 Å². The first kappa shape index (κ1) is 12.5. The number of H-pyrrole nitrogens is 1. The van der Waals surface area contributed by atoms with E-state index >= 15 is 0 Å². The molecule has 3 atom stereocenters. The molecule has 2 aromatic rings. The lowest BCUT2D eigenvalue weighted by Crippen LogP contribution is -2.18. The Morgan fingerprint density at radius 2 is 2.47 bits per heavy atom. The quantitative estimate of drug-likeness (QED) is 0.540. The van der Waals surface area contributed by atoms with Gasteiger partial charge in [0.15, 0.2) is 11.2 Å². The molecule has 0 radical (unpaired) electrons. The second kappa shape index (κ2) is 4.51. The smallest absolute Gasteiger partial charge is 0.280 e. The van der Waals surface area contributed by atoms with Gasteiger partial charge in [-0.1, -0.05) is 0 Å². The molecule has 0 spiro atoms. The van der Waals surface area contributed by atoms with Gasteiger partial charge in [0.05, 0.1) is 19.0 Å². The van der Waals surface area contributed by atoms with E-state index in [1.807, 2.05) is 0 Å². The Hall–Kier alpha value is -1.58. The van der Waals surface area contributed by atoms with Gasteiger partial charge in [-0.15, -0.1) is 0 Å². The van der Waals surface area contributed by atoms with Gasteiger partial charge in [0.2, 0.25) is 5.95 Å². The van der Waals surface area contributed by atoms with E-state index in [0.717, 1.165) is 0 Å². The van der Waals surface area contributed by atoms with Crippen molar-refractivity contribution in [2.75, 3.05) is 12.3 Å². The maximum atomic E-state index is 11.7. The van der Waals surface area contributed by atoms with Crippen LogP contribution < -0.4 is 11.3 Å². The Kier molecular flexibility index (Phi) is 2.96. The van der Waals surface area contributed by atoms with Gasteiger partial charge < -0.3 is 15.6 Å². The van der Waals surface area contributed by atoms with E-state index in [4.69, 9.17) is 15.6 Å². The Labute approximate surface area is 113 Å². The number of ether oxygens (including phenoxy) is 1. The molecule has 3 heterocycles. The fraction of sp³-hybridized carbons (Fsp3) is 0.500. The van der Waals surface area contributed by atoms with Crippen LogP contribution >= 0.6 is 12.6 Å². The molecule has 1 aliphatic rings. The number of hydrogen-bond acceptors (Lipinski definition) is 7. The molecule has 3 rings (SSSR count). The second-order valence-corrected chi connectivity index (χ2v) is 5.07. The number of rotatable bonds is 2. The predicted molar refractivity (Wildman–Crippen MR) is 70.9 cm³/mol. The van der Waals surface area contributed by atoms with Crippen LogP contribution in [0.15, 0.2) is 11.1 Å². The summed E-state index contributed by atoms with van der Waals surface area (Å²) in [5.74, 6) is 0.0201. The van der Waals surface area contributed by atoms with Gasteiger partial charge in [0, 0.05) is 5.25 Å². The topological polar surface area (TPSA) is 119 Å². The summed E-state index contributed by atoms with van der Waals surface area (Å²) in [6.07, 6.45) is 1.38. The number of aromatic amines is 1. The molecule has 0 bridgehead atoms. The van der Waals surface area contributed by atoms with E-state index in [-0.39, 0.29) is 29.4 Å². The molecule has 0 aromatic carbocycles. The molecule has 1 aliphatic heterocycles. The van der Waals surface area contributed by atoms with Gasteiger partial charge in [-0.25, -0.2) is 4.98 Å². The number of nitrogens with one attached hydrogen (secondary N) is 1. The van der Waals surface area contributed by atoms with Crippen molar-refractivity contribution >= 4 is 29.7 Å². The standard InChI is InChI=1S/C10H13N5O3S/c11-10-13-7-6(8(17)14-10)12-3-15(7)9-5(19)1-4(2-16)18-9/h3-5,9,16,19H,1-2H2,(H3,11,13,14,17)/t4-,5+,9+/m0/s1. The van der Waals surface area contributed by atoms with Crippen LogP contribution in [0, 0.1) is 0 Å². The fourth-order valence-corrected chi connectivity index (χ4v) is 2.68. The van der Waals surface area contributed by atoms with Crippen LogP contribution in [0.4, 0.5) is 5.95 Å². The predicted octanol–water partition coefficient (Wildman–Crippen LogP) is -0.720. The summed E-state index contributed by atoms with van der Waals surface area (Å²) < 4.78 is 7.28. The molecule has 4 N–H and O–H groups in total. The molecule has 0 unspecified atom stereocenters. The van der Waals surface area contributed by atoms with Crippen LogP contribution in [0.2, 0.25) is 0 Å². The van der Waals surface area contributed by atoms with Gasteiger partial charge >= 0.3 is 0 Å². The summed E-state index contributed by atoms with van der Waals surface area (Å²) in [4.78, 5) is 22.1. The number of nitrogens with two attached hydrogens (primary N) is 1. The lowest BCUT2D eigenvalue weighted by atomic mass is 10.2. The molecule has 19 heavy (non-hydrogen) atoms. The molecule has 9 heteroatoms. The van der Waals surface area contributed by atoms with Crippen LogP contribution in [0.5, 0.6) is 0 Å². The van der Waals surface area contributed by atoms with E-state index in [2.05, 4.69) is 27.6 Å². The Balaban J connectivity index is 2.09. The molecular weight excluding hydrogens is 270 g/mol. The third-order valence-corrected chi connectivity index (χ3v) is 3.56. The van der Waals surface area contributed by atoms with Crippen LogP contribution in [-0.2, 0) is 4.74 Å². The zero-order valence-corrected chi connectivity index (χ0v) is 10.7. The van der Waals surface area contributed by atoms with Crippen molar-refractivity contribution in [3.05, 3.63) is 16.7 Å². The maximum absolute atomic E-state index is 11.7. The average Bonchev–Trinajstić information content (AvgIpc) is 2.92. The van der Waals surface area contributed by atoms with E-state index in [1.165, 1.54) is 6.33 Å². The number of nitrogens with zero attached hydrogens (tertiary/aromatic N) is 3. The zero-order chi connectivity index (χ0) is 13.6. The average molecular weight is 283 g/mol. The monoisotopic (exact) mass is 283 g/mol. The highest BCUT2D eigenvalue weighted by molar-refractivity contribution is 7.81. The minimum atomic E-state index is -0.431. The lowest BCUT2D eigenvalue weighted by molar-refractivity contribution is -0.0195. The number of anilines is 1. The van der Waals surface area contributed by atoms with Gasteiger partial charge in [0.25, 0.3) is 5.56 Å². The fourth-order valence-electron chi connectivity index (χ4n) is 2.23. The lowest BCUT2D eigenvalue weighted by Gasteiger charge is -2.16. The van der Waals surface area contributed by atoms with E-state index in [0.29, 0.717) is 12.1 Å². The Morgan fingerprint density at radius 3 is 3.16 bits per heavy atom. The summed E-state index contributed by atoms with van der Waals surface area (Å²) in [6.45, 7) is -0.0731. The highest BCUT2D eigenvalue weighted by atomic mass is 32.1. The molecule has 0 aliphatic carbocycles. The van der Waals surface area contributed by atoms with Crippen molar-refractivity contribution in [2.24, 2.45) is 0 Å². The number of fused-ring (bicyclic) bond motifs is 1. The van der Waals surface area contributed by atoms with E-state index < -0.39 is 11.8 Å². The van der Waals surface area contributed by atoms with E-state index in [9.17, 15) is 4.79 Å². The Bertz CT molecular complexity index is 669. The third kappa shape index (κ3) is 1.99. The number of aromatic nitrogens is 4. The molecular formula is C10H13N5O3S. The first-order valence-corrected chi connectivity index (χ1v) is 6.28. The highest BCUT2D eigenvalue weighted by Gasteiger charge is 2.35. The van der Waals surface area contributed by atoms with Crippen molar-refractivity contribution in [3.63, 3.8) is 0 Å². The minimum Gasteiger partial charge on any atom is -0.394 e. The summed E-state index contributed by atoms with van der Waals surface area (Å²) >= 11 is 4.43. The van der Waals surface area contributed by atoms with Crippen molar-refractivity contribution in [3.8, 4) is 0 Å². The third-order valence-electron chi connectivity index (χ3n) is 3.09. The summed E-state index contributed by atoms with van der Waals surface area (Å²) in [7, 11) is 0. The molecule has 2 aromatic heterocycles. The summed E-state index contributed by atoms with van der Waals surface area (Å²) in [6, 6.07) is 0. The number of nitrogen functional groups attached to an aromatic ring is 1. The molecule has 8 nitrogen and oxygen atoms in total. The molecule has 102 valence electrons. The summed E-state index contributed by atoms with van der Waals surface area (Å²) in [5.41, 5.74) is 5.69. The normalized spacial score (nSPS) is 27.2. The van der Waals surface area contributed by atoms with Crippen LogP contribution in [0.3, 0.4) is 0 Å². The Morgan fingerprint density at radius 1 is 1.68 bits per heavy atom. The number of hydrogen-bond donors (Lipinski definition) is 4. The SMILES string of the molecule is Nc1nc2c(ncn2[C@@H]2O[C@H](CO)C[C@H]2S)c(=O)[nH]1. The van der Waals surface area contributed by atoms with Gasteiger partial charge in [-0.05, 0) is 6.42 Å². The number of thiol groups is 1. The highest BCUT2D eigenvalue weighted by Crippen LogP contribution is 2.33. The van der Waals surface area contributed by atoms with Crippen LogP contribution in [-0.4, -0.2) is 42.6 Å². The largest absolute Gasteiger partial charge is 0.394 e. The number of imidazole rings is 1. The maximum Gasteiger partial charge on any atom is 0.280 e. The number of aliphatic hydroxyl groups excluding tert-OH is 1. The van der Waals surface area contributed by atoms with Crippen LogP contribution in [0.1, 0.15) is 12.6 Å². The van der Waals surface area contributed by atoms with Crippen molar-refractivity contribution in [2.45, 2.75) is 24.0 Å². The molecule has 0 amide bonds. The van der Waals surface area contributed by atoms with Gasteiger partial charge in [-0.2, -0.15) is 17.6 Å². The minimum absolute atomic E-state index is 0.0201. The van der Waals surface area contributed by atoms with Gasteiger partial charge in [-0.3, -0.25) is 14.3 Å². The number of aliphatic hydroxyl groups is 1. The van der Waals surface area contributed by atoms with Crippen molar-refractivity contribution in [1.29, 1.82) is 0 Å². The van der Waals surface area contributed by atoms with Crippen molar-refractivity contribution in [1.82, 2.24) is 19.5 Å². The second-order valence-electron chi connectivity index (χ2n) is 4.41. The zero-order valence-electron chi connectivity index (χ0n) is 9.85. The van der Waals surface area contributed by atoms with E-state index in [1.54, 1.807) is 4.57 Å². The first-order valence-electron chi connectivity index (χ1n) is 5.77. The van der Waals surface area contributed by atoms with Crippen molar-refractivity contribution < 1.29 is 9.84 Å².